The lowest BCUT2D eigenvalue weighted by Crippen LogP contribution is -2.41. The van der Waals surface area contributed by atoms with Gasteiger partial charge in [0.25, 0.3) is 0 Å². The van der Waals surface area contributed by atoms with Gasteiger partial charge in [0, 0.05) is 24.8 Å². The summed E-state index contributed by atoms with van der Waals surface area (Å²) in [5.74, 6) is 0.213. The molecule has 2 atom stereocenters. The van der Waals surface area contributed by atoms with Crippen molar-refractivity contribution in [1.82, 2.24) is 0 Å². The van der Waals surface area contributed by atoms with Gasteiger partial charge in [-0.05, 0) is 42.5 Å². The third kappa shape index (κ3) is 8.12. The van der Waals surface area contributed by atoms with E-state index in [-0.39, 0.29) is 53.1 Å². The molecule has 0 bridgehead atoms. The van der Waals surface area contributed by atoms with E-state index in [0.29, 0.717) is 12.2 Å². The van der Waals surface area contributed by atoms with E-state index < -0.39 is 6.36 Å². The van der Waals surface area contributed by atoms with Gasteiger partial charge in [-0.3, -0.25) is 4.99 Å². The van der Waals surface area contributed by atoms with E-state index in [2.05, 4.69) is 35.8 Å². The Balaban J connectivity index is 0.00000364. The number of nitrogens with zero attached hydrogens (tertiary/aromatic N) is 1. The Bertz CT molecular complexity index is 616. The van der Waals surface area contributed by atoms with Crippen LogP contribution < -0.4 is 15.8 Å². The Kier molecular flexibility index (Phi) is 8.65. The van der Waals surface area contributed by atoms with Crippen LogP contribution in [0.25, 0.3) is 0 Å². The zero-order valence-electron chi connectivity index (χ0n) is 15.7. The summed E-state index contributed by atoms with van der Waals surface area (Å²) in [7, 11) is 0. The fourth-order valence-electron chi connectivity index (χ4n) is 3.13. The van der Waals surface area contributed by atoms with E-state index in [1.807, 2.05) is 0 Å². The van der Waals surface area contributed by atoms with Crippen LogP contribution in [0.2, 0.25) is 0 Å². The maximum atomic E-state index is 12.2. The first-order valence-corrected chi connectivity index (χ1v) is 8.59. The average molecular weight is 501 g/mol. The summed E-state index contributed by atoms with van der Waals surface area (Å²) in [5.41, 5.74) is 6.46. The Morgan fingerprint density at radius 1 is 1.26 bits per heavy atom. The molecule has 2 unspecified atom stereocenters. The highest BCUT2D eigenvalue weighted by atomic mass is 127. The molecule has 1 fully saturated rings. The lowest BCUT2D eigenvalue weighted by atomic mass is 9.78. The molecule has 1 aliphatic rings. The molecule has 1 saturated heterocycles. The minimum atomic E-state index is -4.71. The minimum Gasteiger partial charge on any atom is -0.406 e. The molecule has 9 heteroatoms. The summed E-state index contributed by atoms with van der Waals surface area (Å²) in [6.07, 6.45) is -2.56. The summed E-state index contributed by atoms with van der Waals surface area (Å²) < 4.78 is 46.2. The van der Waals surface area contributed by atoms with Crippen molar-refractivity contribution in [3.8, 4) is 5.75 Å². The zero-order valence-corrected chi connectivity index (χ0v) is 18.0. The second-order valence-corrected chi connectivity index (χ2v) is 7.48. The molecule has 0 amide bonds. The molecule has 3 N–H and O–H groups in total. The number of nitrogens with one attached hydrogen (secondary N) is 1. The van der Waals surface area contributed by atoms with E-state index in [1.54, 1.807) is 0 Å². The van der Waals surface area contributed by atoms with Gasteiger partial charge in [-0.15, -0.1) is 37.1 Å². The number of hydrogen-bond acceptors (Lipinski definition) is 3. The molecule has 0 aromatic heterocycles. The van der Waals surface area contributed by atoms with Crippen molar-refractivity contribution in [3.63, 3.8) is 0 Å². The smallest absolute Gasteiger partial charge is 0.406 e. The Morgan fingerprint density at radius 2 is 1.89 bits per heavy atom. The van der Waals surface area contributed by atoms with Gasteiger partial charge in [-0.25, -0.2) is 0 Å². The van der Waals surface area contributed by atoms with Crippen LogP contribution in [0.3, 0.4) is 0 Å². The predicted octanol–water partition coefficient (Wildman–Crippen LogP) is 4.77. The number of benzene rings is 1. The van der Waals surface area contributed by atoms with Gasteiger partial charge in [-0.1, -0.05) is 20.8 Å². The zero-order chi connectivity index (χ0) is 19.4. The topological polar surface area (TPSA) is 68.9 Å². The lowest BCUT2D eigenvalue weighted by Gasteiger charge is -2.39. The number of halogens is 4. The maximum Gasteiger partial charge on any atom is 0.573 e. The third-order valence-corrected chi connectivity index (χ3v) is 4.15. The third-order valence-electron chi connectivity index (χ3n) is 4.15. The SMILES string of the molecule is CC(C)(C)C1OCCCC1CN=C(N)Nc1ccc(OC(F)(F)F)cc1.I. The molecule has 154 valence electrons. The van der Waals surface area contributed by atoms with E-state index in [1.165, 1.54) is 24.3 Å². The van der Waals surface area contributed by atoms with Crippen molar-refractivity contribution in [2.45, 2.75) is 46.1 Å². The number of alkyl halides is 3. The molecular formula is C18H27F3IN3O2. The first-order valence-electron chi connectivity index (χ1n) is 8.59. The molecule has 5 nitrogen and oxygen atoms in total. The van der Waals surface area contributed by atoms with Crippen LogP contribution >= 0.6 is 24.0 Å². The molecule has 2 rings (SSSR count). The molecule has 0 radical (unpaired) electrons. The summed E-state index contributed by atoms with van der Waals surface area (Å²) in [6.45, 7) is 7.74. The molecule has 1 aromatic rings. The van der Waals surface area contributed by atoms with Crippen molar-refractivity contribution in [2.75, 3.05) is 18.5 Å². The molecular weight excluding hydrogens is 474 g/mol. The molecule has 1 aromatic carbocycles. The van der Waals surface area contributed by atoms with Crippen molar-refractivity contribution >= 4 is 35.6 Å². The number of rotatable bonds is 4. The predicted molar refractivity (Wildman–Crippen MR) is 111 cm³/mol. The molecule has 0 saturated carbocycles. The van der Waals surface area contributed by atoms with Crippen molar-refractivity contribution in [2.24, 2.45) is 22.1 Å². The summed E-state index contributed by atoms with van der Waals surface area (Å²) in [4.78, 5) is 4.38. The van der Waals surface area contributed by atoms with Crippen molar-refractivity contribution < 1.29 is 22.6 Å². The van der Waals surface area contributed by atoms with Gasteiger partial charge in [0.2, 0.25) is 0 Å². The quantitative estimate of drug-likeness (QED) is 0.355. The number of aliphatic imine (C=N–C) groups is 1. The van der Waals surface area contributed by atoms with Crippen molar-refractivity contribution in [1.29, 1.82) is 0 Å². The Hall–Kier alpha value is -1.23. The number of anilines is 1. The lowest BCUT2D eigenvalue weighted by molar-refractivity contribution is -0.274. The second kappa shape index (κ2) is 9.81. The van der Waals surface area contributed by atoms with Gasteiger partial charge < -0.3 is 20.5 Å². The van der Waals surface area contributed by atoms with Crippen LogP contribution in [-0.4, -0.2) is 31.6 Å². The Labute approximate surface area is 174 Å². The normalized spacial score (nSPS) is 21.3. The van der Waals surface area contributed by atoms with Crippen LogP contribution in [0, 0.1) is 11.3 Å². The van der Waals surface area contributed by atoms with Gasteiger partial charge in [0.15, 0.2) is 5.96 Å². The van der Waals surface area contributed by atoms with Crippen LogP contribution in [0.15, 0.2) is 29.3 Å². The van der Waals surface area contributed by atoms with Gasteiger partial charge in [0.05, 0.1) is 6.10 Å². The monoisotopic (exact) mass is 501 g/mol. The van der Waals surface area contributed by atoms with E-state index in [4.69, 9.17) is 10.5 Å². The highest BCUT2D eigenvalue weighted by Gasteiger charge is 2.35. The first kappa shape index (κ1) is 23.8. The highest BCUT2D eigenvalue weighted by Crippen LogP contribution is 2.34. The van der Waals surface area contributed by atoms with Crippen LogP contribution in [0.5, 0.6) is 5.75 Å². The Morgan fingerprint density at radius 3 is 2.44 bits per heavy atom. The van der Waals surface area contributed by atoms with Crippen LogP contribution in [0.4, 0.5) is 18.9 Å². The second-order valence-electron chi connectivity index (χ2n) is 7.48. The fourth-order valence-corrected chi connectivity index (χ4v) is 3.13. The van der Waals surface area contributed by atoms with Crippen molar-refractivity contribution in [3.05, 3.63) is 24.3 Å². The molecule has 0 spiro atoms. The van der Waals surface area contributed by atoms with E-state index in [0.717, 1.165) is 19.4 Å². The van der Waals surface area contributed by atoms with Crippen LogP contribution in [-0.2, 0) is 4.74 Å². The minimum absolute atomic E-state index is 0. The van der Waals surface area contributed by atoms with E-state index in [9.17, 15) is 13.2 Å². The summed E-state index contributed by atoms with van der Waals surface area (Å²) in [5, 5.41) is 2.88. The highest BCUT2D eigenvalue weighted by molar-refractivity contribution is 14.0. The molecule has 1 heterocycles. The standard InChI is InChI=1S/C18H26F3N3O2.HI/c1-17(2,3)15-12(5-4-10-25-15)11-23-16(22)24-13-6-8-14(9-7-13)26-18(19,20)21;/h6-9,12,15H,4-5,10-11H2,1-3H3,(H3,22,23,24);1H. The number of nitrogens with two attached hydrogens (primary N) is 1. The largest absolute Gasteiger partial charge is 0.573 e. The van der Waals surface area contributed by atoms with Gasteiger partial charge in [0.1, 0.15) is 5.75 Å². The fraction of sp³-hybridized carbons (Fsp3) is 0.611. The number of ether oxygens (including phenoxy) is 2. The molecule has 0 aliphatic carbocycles. The number of hydrogen-bond donors (Lipinski definition) is 2. The summed E-state index contributed by atoms with van der Waals surface area (Å²) in [6, 6.07) is 5.33. The molecule has 27 heavy (non-hydrogen) atoms. The van der Waals surface area contributed by atoms with Gasteiger partial charge >= 0.3 is 6.36 Å². The average Bonchev–Trinajstić information content (AvgIpc) is 2.53. The van der Waals surface area contributed by atoms with Gasteiger partial charge in [-0.2, -0.15) is 0 Å². The maximum absolute atomic E-state index is 12.2. The van der Waals surface area contributed by atoms with E-state index >= 15 is 0 Å². The number of guanidine groups is 1. The van der Waals surface area contributed by atoms with Crippen LogP contribution in [0.1, 0.15) is 33.6 Å². The molecule has 1 aliphatic heterocycles. The first-order chi connectivity index (χ1) is 12.0. The summed E-state index contributed by atoms with van der Waals surface area (Å²) >= 11 is 0.